The summed E-state index contributed by atoms with van der Waals surface area (Å²) in [7, 11) is 0. The first kappa shape index (κ1) is 17.1. The van der Waals surface area contributed by atoms with Gasteiger partial charge in [0.15, 0.2) is 11.6 Å². The molecule has 1 aromatic carbocycles. The van der Waals surface area contributed by atoms with Gasteiger partial charge in [0.25, 0.3) is 0 Å². The van der Waals surface area contributed by atoms with Crippen LogP contribution in [0.15, 0.2) is 18.2 Å². The molecule has 0 bridgehead atoms. The molecule has 24 heavy (non-hydrogen) atoms. The summed E-state index contributed by atoms with van der Waals surface area (Å²) < 4.78 is 44.5. The molecular weight excluding hydrogens is 320 g/mol. The molecule has 2 saturated heterocycles. The predicted molar refractivity (Wildman–Crippen MR) is 81.3 cm³/mol. The molecule has 0 spiro atoms. The topological polar surface area (TPSA) is 48.0 Å². The van der Waals surface area contributed by atoms with E-state index in [0.717, 1.165) is 6.07 Å². The lowest BCUT2D eigenvalue weighted by Crippen LogP contribution is -2.54. The second-order valence-electron chi connectivity index (χ2n) is 7.08. The van der Waals surface area contributed by atoms with Crippen LogP contribution in [0.3, 0.4) is 0 Å². The van der Waals surface area contributed by atoms with Crippen molar-refractivity contribution in [1.82, 2.24) is 4.90 Å². The van der Waals surface area contributed by atoms with Crippen LogP contribution in [-0.2, 0) is 19.8 Å². The van der Waals surface area contributed by atoms with Crippen LogP contribution in [0.25, 0.3) is 0 Å². The van der Waals surface area contributed by atoms with Gasteiger partial charge in [0.1, 0.15) is 24.1 Å². The maximum Gasteiger partial charge on any atom is 0.410 e. The van der Waals surface area contributed by atoms with E-state index in [9.17, 15) is 13.6 Å². The highest BCUT2D eigenvalue weighted by Gasteiger charge is 2.53. The number of halogens is 2. The van der Waals surface area contributed by atoms with Gasteiger partial charge in [-0.25, -0.2) is 13.6 Å². The zero-order chi connectivity index (χ0) is 17.5. The van der Waals surface area contributed by atoms with E-state index in [1.54, 1.807) is 20.8 Å². The van der Waals surface area contributed by atoms with Gasteiger partial charge >= 0.3 is 6.09 Å². The van der Waals surface area contributed by atoms with E-state index in [1.807, 2.05) is 0 Å². The molecule has 0 radical (unpaired) electrons. The van der Waals surface area contributed by atoms with Crippen LogP contribution in [0.1, 0.15) is 32.8 Å². The molecule has 0 saturated carbocycles. The quantitative estimate of drug-likeness (QED) is 0.787. The third-order valence-electron chi connectivity index (χ3n) is 4.30. The molecule has 132 valence electrons. The number of carbonyl (C=O) groups excluding carboxylic acids is 1. The van der Waals surface area contributed by atoms with Crippen molar-refractivity contribution in [3.05, 3.63) is 35.4 Å². The van der Waals surface area contributed by atoms with E-state index in [0.29, 0.717) is 13.0 Å². The van der Waals surface area contributed by atoms with Gasteiger partial charge in [0.2, 0.25) is 0 Å². The standard InChI is InChI=1S/C17H21F2NO4/c1-16(2,3)24-15(21)20-8-7-17(13(9-20)22-10-23-17)11-5-4-6-12(18)14(11)19/h4-6,13H,7-10H2,1-3H3/t13-,17-/m1/s1. The Hall–Kier alpha value is -1.73. The number of amides is 1. The van der Waals surface area contributed by atoms with E-state index in [4.69, 9.17) is 14.2 Å². The minimum atomic E-state index is -1.08. The molecule has 3 rings (SSSR count). The van der Waals surface area contributed by atoms with Gasteiger partial charge in [-0.05, 0) is 26.8 Å². The fraction of sp³-hybridized carbons (Fsp3) is 0.588. The van der Waals surface area contributed by atoms with Crippen molar-refractivity contribution in [3.63, 3.8) is 0 Å². The Morgan fingerprint density at radius 1 is 1.38 bits per heavy atom. The fourth-order valence-electron chi connectivity index (χ4n) is 3.18. The summed E-state index contributed by atoms with van der Waals surface area (Å²) in [6.07, 6.45) is -0.724. The van der Waals surface area contributed by atoms with Crippen molar-refractivity contribution >= 4 is 6.09 Å². The Morgan fingerprint density at radius 3 is 2.83 bits per heavy atom. The molecule has 1 aromatic rings. The van der Waals surface area contributed by atoms with E-state index < -0.39 is 35.0 Å². The van der Waals surface area contributed by atoms with Crippen LogP contribution in [0, 0.1) is 11.6 Å². The van der Waals surface area contributed by atoms with E-state index in [1.165, 1.54) is 17.0 Å². The smallest absolute Gasteiger partial charge is 0.410 e. The molecule has 2 atom stereocenters. The van der Waals surface area contributed by atoms with Crippen LogP contribution >= 0.6 is 0 Å². The summed E-state index contributed by atoms with van der Waals surface area (Å²) in [4.78, 5) is 13.8. The number of hydrogen-bond acceptors (Lipinski definition) is 4. The van der Waals surface area contributed by atoms with Gasteiger partial charge in [-0.15, -0.1) is 0 Å². The number of likely N-dealkylation sites (tertiary alicyclic amines) is 1. The summed E-state index contributed by atoms with van der Waals surface area (Å²) in [6, 6.07) is 4.01. The number of nitrogens with zero attached hydrogens (tertiary/aromatic N) is 1. The Morgan fingerprint density at radius 2 is 2.12 bits per heavy atom. The van der Waals surface area contributed by atoms with Crippen LogP contribution in [0.2, 0.25) is 0 Å². The van der Waals surface area contributed by atoms with Crippen LogP contribution < -0.4 is 0 Å². The van der Waals surface area contributed by atoms with Crippen molar-refractivity contribution in [2.75, 3.05) is 19.9 Å². The molecule has 7 heteroatoms. The first-order valence-corrected chi connectivity index (χ1v) is 7.91. The van der Waals surface area contributed by atoms with Crippen LogP contribution in [-0.4, -0.2) is 42.6 Å². The zero-order valence-corrected chi connectivity index (χ0v) is 14.0. The van der Waals surface area contributed by atoms with Gasteiger partial charge in [0.05, 0.1) is 6.54 Å². The Bertz CT molecular complexity index is 646. The molecule has 2 heterocycles. The van der Waals surface area contributed by atoms with Gasteiger partial charge in [-0.3, -0.25) is 0 Å². The lowest BCUT2D eigenvalue weighted by molar-refractivity contribution is -0.0559. The van der Waals surface area contributed by atoms with Crippen LogP contribution in [0.5, 0.6) is 0 Å². The highest BCUT2D eigenvalue weighted by atomic mass is 19.2. The minimum Gasteiger partial charge on any atom is -0.444 e. The lowest BCUT2D eigenvalue weighted by Gasteiger charge is -2.42. The Balaban J connectivity index is 1.83. The number of carbonyl (C=O) groups is 1. The maximum absolute atomic E-state index is 14.3. The second kappa shape index (κ2) is 5.97. The third-order valence-corrected chi connectivity index (χ3v) is 4.30. The molecule has 5 nitrogen and oxygen atoms in total. The van der Waals surface area contributed by atoms with Crippen molar-refractivity contribution < 1.29 is 27.8 Å². The zero-order valence-electron chi connectivity index (χ0n) is 14.0. The number of rotatable bonds is 1. The van der Waals surface area contributed by atoms with E-state index in [2.05, 4.69) is 0 Å². The maximum atomic E-state index is 14.3. The van der Waals surface area contributed by atoms with Gasteiger partial charge in [-0.1, -0.05) is 12.1 Å². The molecule has 1 amide bonds. The van der Waals surface area contributed by atoms with E-state index >= 15 is 0 Å². The summed E-state index contributed by atoms with van der Waals surface area (Å²) in [5.74, 6) is -1.86. The summed E-state index contributed by atoms with van der Waals surface area (Å²) in [5, 5.41) is 0. The van der Waals surface area contributed by atoms with Gasteiger partial charge in [0, 0.05) is 18.5 Å². The molecule has 0 unspecified atom stereocenters. The SMILES string of the molecule is CC(C)(C)OC(=O)N1CC[C@]2(c3cccc(F)c3F)OCO[C@@H]2C1. The summed E-state index contributed by atoms with van der Waals surface area (Å²) in [6.45, 7) is 5.85. The number of ether oxygens (including phenoxy) is 3. The number of fused-ring (bicyclic) bond motifs is 1. The van der Waals surface area contributed by atoms with Crippen molar-refractivity contribution in [1.29, 1.82) is 0 Å². The number of piperidine rings is 1. The van der Waals surface area contributed by atoms with Crippen molar-refractivity contribution in [3.8, 4) is 0 Å². The monoisotopic (exact) mass is 341 g/mol. The molecule has 2 aliphatic heterocycles. The average Bonchev–Trinajstić information content (AvgIpc) is 2.92. The highest BCUT2D eigenvalue weighted by Crippen LogP contribution is 2.43. The minimum absolute atomic E-state index is 0.0250. The lowest BCUT2D eigenvalue weighted by atomic mass is 9.82. The molecule has 0 aliphatic carbocycles. The third kappa shape index (κ3) is 2.98. The summed E-state index contributed by atoms with van der Waals surface area (Å²) >= 11 is 0. The first-order valence-electron chi connectivity index (χ1n) is 7.91. The normalized spacial score (nSPS) is 27.0. The van der Waals surface area contributed by atoms with Gasteiger partial charge < -0.3 is 19.1 Å². The molecule has 2 aliphatic rings. The van der Waals surface area contributed by atoms with Gasteiger partial charge in [-0.2, -0.15) is 0 Å². The number of benzene rings is 1. The Kier molecular flexibility index (Phi) is 4.25. The van der Waals surface area contributed by atoms with Crippen molar-refractivity contribution in [2.24, 2.45) is 0 Å². The number of hydrogen-bond donors (Lipinski definition) is 0. The largest absolute Gasteiger partial charge is 0.444 e. The first-order chi connectivity index (χ1) is 11.2. The Labute approximate surface area is 139 Å². The van der Waals surface area contributed by atoms with Crippen LogP contribution in [0.4, 0.5) is 13.6 Å². The summed E-state index contributed by atoms with van der Waals surface area (Å²) in [5.41, 5.74) is -1.55. The molecule has 2 fully saturated rings. The predicted octanol–water partition coefficient (Wildman–Crippen LogP) is 3.17. The fourth-order valence-corrected chi connectivity index (χ4v) is 3.18. The second-order valence-corrected chi connectivity index (χ2v) is 7.08. The molecule has 0 aromatic heterocycles. The highest BCUT2D eigenvalue weighted by molar-refractivity contribution is 5.68. The van der Waals surface area contributed by atoms with Crippen molar-refractivity contribution in [2.45, 2.75) is 44.5 Å². The van der Waals surface area contributed by atoms with E-state index in [-0.39, 0.29) is 18.9 Å². The molecular formula is C17H21F2NO4. The average molecular weight is 341 g/mol. The molecule has 0 N–H and O–H groups in total.